The van der Waals surface area contributed by atoms with Gasteiger partial charge < -0.3 is 5.32 Å². The Morgan fingerprint density at radius 1 is 1.24 bits per heavy atom. The Morgan fingerprint density at radius 3 is 2.12 bits per heavy atom. The molecule has 0 aromatic heterocycles. The van der Waals surface area contributed by atoms with Crippen LogP contribution in [0.3, 0.4) is 0 Å². The molecule has 4 rings (SSSR count). The molecule has 4 aliphatic rings. The van der Waals surface area contributed by atoms with Crippen LogP contribution in [0.2, 0.25) is 0 Å². The highest BCUT2D eigenvalue weighted by molar-refractivity contribution is 6.18. The predicted molar refractivity (Wildman–Crippen MR) is 68.9 cm³/mol. The topological polar surface area (TPSA) is 29.1 Å². The first-order chi connectivity index (χ1) is 8.11. The highest BCUT2D eigenvalue weighted by atomic mass is 35.5. The van der Waals surface area contributed by atoms with Crippen LogP contribution in [0.15, 0.2) is 0 Å². The van der Waals surface area contributed by atoms with Gasteiger partial charge in [-0.05, 0) is 63.2 Å². The first kappa shape index (κ1) is 11.8. The molecule has 1 unspecified atom stereocenters. The number of hydrogen-bond donors (Lipinski definition) is 1. The molecule has 0 aliphatic heterocycles. The maximum absolute atomic E-state index is 12.5. The largest absolute Gasteiger partial charge is 0.352 e. The van der Waals surface area contributed by atoms with Gasteiger partial charge in [-0.2, -0.15) is 0 Å². The van der Waals surface area contributed by atoms with Crippen LogP contribution in [-0.2, 0) is 4.79 Å². The summed E-state index contributed by atoms with van der Waals surface area (Å²) >= 11 is 5.79. The lowest BCUT2D eigenvalue weighted by molar-refractivity contribution is -0.146. The van der Waals surface area contributed by atoms with Gasteiger partial charge in [0.15, 0.2) is 0 Å². The summed E-state index contributed by atoms with van der Waals surface area (Å²) < 4.78 is 0. The second-order valence-corrected chi connectivity index (χ2v) is 7.04. The third kappa shape index (κ3) is 1.99. The maximum atomic E-state index is 12.5. The van der Waals surface area contributed by atoms with Gasteiger partial charge in [-0.25, -0.2) is 0 Å². The van der Waals surface area contributed by atoms with Gasteiger partial charge in [-0.3, -0.25) is 4.79 Å². The lowest BCUT2D eigenvalue weighted by atomic mass is 9.49. The van der Waals surface area contributed by atoms with Crippen molar-refractivity contribution in [1.82, 2.24) is 5.32 Å². The van der Waals surface area contributed by atoms with Gasteiger partial charge in [-0.1, -0.05) is 0 Å². The highest BCUT2D eigenvalue weighted by Gasteiger charge is 2.54. The van der Waals surface area contributed by atoms with E-state index in [-0.39, 0.29) is 11.5 Å². The highest BCUT2D eigenvalue weighted by Crippen LogP contribution is 2.60. The van der Waals surface area contributed by atoms with Crippen LogP contribution in [0, 0.1) is 23.2 Å². The molecule has 0 aromatic carbocycles. The quantitative estimate of drug-likeness (QED) is 0.772. The summed E-state index contributed by atoms with van der Waals surface area (Å²) in [4.78, 5) is 12.5. The zero-order valence-electron chi connectivity index (χ0n) is 10.5. The van der Waals surface area contributed by atoms with Crippen LogP contribution < -0.4 is 5.32 Å². The molecular weight excluding hydrogens is 234 g/mol. The minimum Gasteiger partial charge on any atom is -0.352 e. The van der Waals surface area contributed by atoms with Gasteiger partial charge in [0.1, 0.15) is 0 Å². The molecule has 4 aliphatic carbocycles. The molecule has 4 saturated carbocycles. The number of carbonyl (C=O) groups excluding carboxylic acids is 1. The fourth-order valence-electron chi connectivity index (χ4n) is 4.80. The van der Waals surface area contributed by atoms with Crippen molar-refractivity contribution in [1.29, 1.82) is 0 Å². The molecule has 0 spiro atoms. The monoisotopic (exact) mass is 255 g/mol. The number of rotatable bonds is 3. The lowest BCUT2D eigenvalue weighted by Crippen LogP contribution is -2.55. The standard InChI is InChI=1S/C14H22ClNO/c1-9(8-15)16-13(17)14-5-10-2-11(6-14)4-12(3-10)7-14/h9-12H,2-8H2,1H3,(H,16,17). The molecule has 2 nitrogen and oxygen atoms in total. The summed E-state index contributed by atoms with van der Waals surface area (Å²) in [7, 11) is 0. The van der Waals surface area contributed by atoms with Crippen LogP contribution in [0.5, 0.6) is 0 Å². The molecular formula is C14H22ClNO. The van der Waals surface area contributed by atoms with Gasteiger partial charge in [0.05, 0.1) is 0 Å². The fraction of sp³-hybridized carbons (Fsp3) is 0.929. The van der Waals surface area contributed by atoms with Crippen LogP contribution in [0.1, 0.15) is 45.4 Å². The van der Waals surface area contributed by atoms with E-state index in [9.17, 15) is 4.79 Å². The number of hydrogen-bond acceptors (Lipinski definition) is 1. The molecule has 1 atom stereocenters. The number of amides is 1. The van der Waals surface area contributed by atoms with Gasteiger partial charge in [0.25, 0.3) is 0 Å². The van der Waals surface area contributed by atoms with Crippen molar-refractivity contribution < 1.29 is 4.79 Å². The van der Waals surface area contributed by atoms with E-state index in [1.165, 1.54) is 19.3 Å². The first-order valence-electron chi connectivity index (χ1n) is 6.98. The van der Waals surface area contributed by atoms with Crippen LogP contribution >= 0.6 is 11.6 Å². The summed E-state index contributed by atoms with van der Waals surface area (Å²) in [6, 6.07) is 0.108. The summed E-state index contributed by atoms with van der Waals surface area (Å²) in [5, 5.41) is 3.12. The van der Waals surface area contributed by atoms with Crippen molar-refractivity contribution in [2.75, 3.05) is 5.88 Å². The Kier molecular flexibility index (Phi) is 2.89. The molecule has 1 N–H and O–H groups in total. The van der Waals surface area contributed by atoms with E-state index in [1.54, 1.807) is 0 Å². The van der Waals surface area contributed by atoms with Crippen molar-refractivity contribution in [3.63, 3.8) is 0 Å². The fourth-order valence-corrected chi connectivity index (χ4v) is 4.88. The van der Waals surface area contributed by atoms with Crippen LogP contribution in [0.4, 0.5) is 0 Å². The third-order valence-electron chi connectivity index (χ3n) is 5.13. The van der Waals surface area contributed by atoms with Crippen molar-refractivity contribution in [2.24, 2.45) is 23.2 Å². The Morgan fingerprint density at radius 2 is 1.71 bits per heavy atom. The molecule has 4 fully saturated rings. The third-order valence-corrected chi connectivity index (χ3v) is 5.59. The van der Waals surface area contributed by atoms with Crippen molar-refractivity contribution in [3.8, 4) is 0 Å². The first-order valence-corrected chi connectivity index (χ1v) is 7.52. The normalized spacial score (nSPS) is 44.7. The number of nitrogens with one attached hydrogen (secondary N) is 1. The molecule has 17 heavy (non-hydrogen) atoms. The van der Waals surface area contributed by atoms with E-state index in [0.29, 0.717) is 11.8 Å². The van der Waals surface area contributed by atoms with Gasteiger partial charge in [-0.15, -0.1) is 11.6 Å². The molecule has 0 saturated heterocycles. The Labute approximate surface area is 108 Å². The maximum Gasteiger partial charge on any atom is 0.226 e. The second kappa shape index (κ2) is 4.15. The molecule has 4 bridgehead atoms. The van der Waals surface area contributed by atoms with E-state index in [4.69, 9.17) is 11.6 Å². The smallest absolute Gasteiger partial charge is 0.226 e. The average Bonchev–Trinajstić information content (AvgIpc) is 2.26. The van der Waals surface area contributed by atoms with Crippen LogP contribution in [0.25, 0.3) is 0 Å². The molecule has 96 valence electrons. The van der Waals surface area contributed by atoms with Crippen molar-refractivity contribution in [2.45, 2.75) is 51.5 Å². The van der Waals surface area contributed by atoms with Crippen LogP contribution in [-0.4, -0.2) is 17.8 Å². The Bertz CT molecular complexity index is 293. The van der Waals surface area contributed by atoms with Crippen molar-refractivity contribution in [3.05, 3.63) is 0 Å². The molecule has 3 heteroatoms. The SMILES string of the molecule is CC(CCl)NC(=O)C12CC3CC(CC(C3)C1)C2. The summed E-state index contributed by atoms with van der Waals surface area (Å²) in [6.45, 7) is 1.99. The van der Waals surface area contributed by atoms with Crippen molar-refractivity contribution >= 4 is 17.5 Å². The average molecular weight is 256 g/mol. The van der Waals surface area contributed by atoms with E-state index in [2.05, 4.69) is 5.32 Å². The number of alkyl halides is 1. The minimum atomic E-state index is -0.0188. The predicted octanol–water partition coefficient (Wildman–Crippen LogP) is 2.95. The van der Waals surface area contributed by atoms with Gasteiger partial charge in [0.2, 0.25) is 5.91 Å². The number of halogens is 1. The molecule has 0 radical (unpaired) electrons. The lowest BCUT2D eigenvalue weighted by Gasteiger charge is -2.55. The van der Waals surface area contributed by atoms with E-state index in [1.807, 2.05) is 6.92 Å². The Hall–Kier alpha value is -0.240. The zero-order chi connectivity index (χ0) is 12.0. The molecule has 0 aromatic rings. The zero-order valence-corrected chi connectivity index (χ0v) is 11.3. The summed E-state index contributed by atoms with van der Waals surface area (Å²) in [6.07, 6.45) is 7.58. The molecule has 1 amide bonds. The minimum absolute atomic E-state index is 0.0188. The summed E-state index contributed by atoms with van der Waals surface area (Å²) in [5.41, 5.74) is -0.0188. The van der Waals surface area contributed by atoms with E-state index < -0.39 is 0 Å². The summed E-state index contributed by atoms with van der Waals surface area (Å²) in [5.74, 6) is 3.30. The van der Waals surface area contributed by atoms with Gasteiger partial charge >= 0.3 is 0 Å². The second-order valence-electron chi connectivity index (χ2n) is 6.73. The molecule has 0 heterocycles. The van der Waals surface area contributed by atoms with E-state index in [0.717, 1.165) is 37.0 Å². The Balaban J connectivity index is 1.75. The van der Waals surface area contributed by atoms with Gasteiger partial charge in [0, 0.05) is 17.3 Å². The number of carbonyl (C=O) groups is 1. The van der Waals surface area contributed by atoms with E-state index >= 15 is 0 Å².